The fraction of sp³-hybridized carbons (Fsp3) is 0.294. The van der Waals surface area contributed by atoms with Gasteiger partial charge >= 0.3 is 0 Å². The van der Waals surface area contributed by atoms with Crippen LogP contribution in [0.1, 0.15) is 24.5 Å². The Morgan fingerprint density at radius 2 is 2.05 bits per heavy atom. The van der Waals surface area contributed by atoms with E-state index in [1.807, 2.05) is 0 Å². The molecule has 0 saturated carbocycles. The summed E-state index contributed by atoms with van der Waals surface area (Å²) >= 11 is 0. The lowest BCUT2D eigenvalue weighted by Crippen LogP contribution is -2.34. The molecule has 4 rings (SSSR count). The molecule has 1 fully saturated rings. The van der Waals surface area contributed by atoms with E-state index in [2.05, 4.69) is 58.9 Å². The lowest BCUT2D eigenvalue weighted by Gasteiger charge is -2.35. The van der Waals surface area contributed by atoms with E-state index in [-0.39, 0.29) is 0 Å². The van der Waals surface area contributed by atoms with Crippen molar-refractivity contribution in [2.24, 2.45) is 5.92 Å². The molecule has 2 heteroatoms. The normalized spacial score (nSPS) is 25.8. The van der Waals surface area contributed by atoms with Gasteiger partial charge in [0, 0.05) is 35.3 Å². The molecule has 2 aliphatic rings. The van der Waals surface area contributed by atoms with Crippen LogP contribution in [0.25, 0.3) is 10.9 Å². The van der Waals surface area contributed by atoms with Crippen molar-refractivity contribution in [1.29, 1.82) is 0 Å². The first-order valence-electron chi connectivity index (χ1n) is 7.10. The van der Waals surface area contributed by atoms with Gasteiger partial charge in [0.1, 0.15) is 0 Å². The Morgan fingerprint density at radius 1 is 1.11 bits per heavy atom. The van der Waals surface area contributed by atoms with Gasteiger partial charge in [0.05, 0.1) is 0 Å². The maximum Gasteiger partial charge on any atom is 0.0456 e. The number of para-hydroxylation sites is 1. The molecule has 0 radical (unpaired) electrons. The van der Waals surface area contributed by atoms with Crippen LogP contribution in [0.3, 0.4) is 0 Å². The quantitative estimate of drug-likeness (QED) is 0.793. The largest absolute Gasteiger partial charge is 0.388 e. The number of hydrogen-bond acceptors (Lipinski definition) is 1. The molecule has 2 heterocycles. The van der Waals surface area contributed by atoms with Crippen LogP contribution in [0.4, 0.5) is 0 Å². The predicted octanol–water partition coefficient (Wildman–Crippen LogP) is 3.70. The van der Waals surface area contributed by atoms with Crippen molar-refractivity contribution in [3.63, 3.8) is 0 Å². The van der Waals surface area contributed by atoms with Crippen LogP contribution in [0.2, 0.25) is 0 Å². The number of aromatic amines is 1. The molecule has 2 unspecified atom stereocenters. The highest BCUT2D eigenvalue weighted by Crippen LogP contribution is 2.39. The maximum absolute atomic E-state index is 3.62. The summed E-state index contributed by atoms with van der Waals surface area (Å²) in [5.41, 5.74) is 4.07. The number of allylic oxidation sites excluding steroid dienone is 4. The summed E-state index contributed by atoms with van der Waals surface area (Å²) in [4.78, 5) is 3.62. The maximum atomic E-state index is 3.62. The summed E-state index contributed by atoms with van der Waals surface area (Å²) < 4.78 is 0. The van der Waals surface area contributed by atoms with Crippen molar-refractivity contribution >= 4 is 10.9 Å². The molecule has 0 spiro atoms. The van der Waals surface area contributed by atoms with Crippen molar-refractivity contribution in [2.75, 3.05) is 6.54 Å². The van der Waals surface area contributed by atoms with Crippen LogP contribution in [-0.2, 0) is 0 Å². The second-order valence-electron chi connectivity index (χ2n) is 5.53. The minimum atomic E-state index is 0.616. The summed E-state index contributed by atoms with van der Waals surface area (Å²) in [6.07, 6.45) is 9.06. The summed E-state index contributed by atoms with van der Waals surface area (Å²) in [5, 5.41) is 4.88. The van der Waals surface area contributed by atoms with Gasteiger partial charge in [-0.3, -0.25) is 0 Å². The molecular formula is C17H18N2. The van der Waals surface area contributed by atoms with E-state index in [4.69, 9.17) is 0 Å². The standard InChI is InChI=1S/C17H18N2/c1-3-7-15-12(5-1)11-17(19-15)14-9-10-18-16-8-4-2-6-13(14)16/h1-5,7-8,11,13-14,18-19H,6,9-10H2. The molecule has 2 N–H and O–H groups in total. The van der Waals surface area contributed by atoms with E-state index in [1.165, 1.54) is 28.7 Å². The van der Waals surface area contributed by atoms with Crippen LogP contribution in [0.5, 0.6) is 0 Å². The van der Waals surface area contributed by atoms with Gasteiger partial charge in [-0.25, -0.2) is 0 Å². The fourth-order valence-electron chi connectivity index (χ4n) is 3.46. The van der Waals surface area contributed by atoms with Gasteiger partial charge in [0.2, 0.25) is 0 Å². The minimum absolute atomic E-state index is 0.616. The Bertz CT molecular complexity index is 630. The summed E-state index contributed by atoms with van der Waals surface area (Å²) in [6, 6.07) is 10.9. The molecule has 1 aliphatic heterocycles. The zero-order chi connectivity index (χ0) is 12.7. The van der Waals surface area contributed by atoms with Gasteiger partial charge in [-0.05, 0) is 36.4 Å². The van der Waals surface area contributed by atoms with E-state index < -0.39 is 0 Å². The first-order chi connectivity index (χ1) is 9.42. The van der Waals surface area contributed by atoms with Crippen molar-refractivity contribution in [3.05, 3.63) is 60.0 Å². The third kappa shape index (κ3) is 1.79. The Balaban J connectivity index is 1.74. The molecule has 0 bridgehead atoms. The molecule has 19 heavy (non-hydrogen) atoms. The van der Waals surface area contributed by atoms with Crippen molar-refractivity contribution < 1.29 is 0 Å². The molecule has 1 aromatic heterocycles. The number of fused-ring (bicyclic) bond motifs is 2. The first-order valence-corrected chi connectivity index (χ1v) is 7.10. The highest BCUT2D eigenvalue weighted by molar-refractivity contribution is 5.80. The minimum Gasteiger partial charge on any atom is -0.388 e. The zero-order valence-corrected chi connectivity index (χ0v) is 10.9. The lowest BCUT2D eigenvalue weighted by molar-refractivity contribution is 0.377. The fourth-order valence-corrected chi connectivity index (χ4v) is 3.46. The van der Waals surface area contributed by atoms with Crippen molar-refractivity contribution in [2.45, 2.75) is 18.8 Å². The molecule has 2 nitrogen and oxygen atoms in total. The topological polar surface area (TPSA) is 27.8 Å². The average molecular weight is 250 g/mol. The highest BCUT2D eigenvalue weighted by atomic mass is 14.9. The Kier molecular flexibility index (Phi) is 2.47. The van der Waals surface area contributed by atoms with Gasteiger partial charge in [-0.1, -0.05) is 30.4 Å². The second kappa shape index (κ2) is 4.30. The van der Waals surface area contributed by atoms with Crippen molar-refractivity contribution in [1.82, 2.24) is 10.3 Å². The highest BCUT2D eigenvalue weighted by Gasteiger charge is 2.30. The molecular weight excluding hydrogens is 232 g/mol. The van der Waals surface area contributed by atoms with E-state index in [1.54, 1.807) is 0 Å². The molecule has 2 aromatic rings. The smallest absolute Gasteiger partial charge is 0.0456 e. The van der Waals surface area contributed by atoms with Crippen LogP contribution in [-0.4, -0.2) is 11.5 Å². The van der Waals surface area contributed by atoms with E-state index in [0.29, 0.717) is 11.8 Å². The van der Waals surface area contributed by atoms with Gasteiger partial charge in [-0.2, -0.15) is 0 Å². The van der Waals surface area contributed by atoms with Gasteiger partial charge in [0.25, 0.3) is 0 Å². The lowest BCUT2D eigenvalue weighted by atomic mass is 9.78. The number of piperidine rings is 1. The predicted molar refractivity (Wildman–Crippen MR) is 79.0 cm³/mol. The van der Waals surface area contributed by atoms with Crippen molar-refractivity contribution in [3.8, 4) is 0 Å². The monoisotopic (exact) mass is 250 g/mol. The van der Waals surface area contributed by atoms with Gasteiger partial charge < -0.3 is 10.3 Å². The molecule has 2 atom stereocenters. The molecule has 1 saturated heterocycles. The Morgan fingerprint density at radius 3 is 3.00 bits per heavy atom. The van der Waals surface area contributed by atoms with E-state index >= 15 is 0 Å². The van der Waals surface area contributed by atoms with Gasteiger partial charge in [-0.15, -0.1) is 0 Å². The molecule has 1 aromatic carbocycles. The second-order valence-corrected chi connectivity index (χ2v) is 5.53. The van der Waals surface area contributed by atoms with Crippen LogP contribution in [0, 0.1) is 5.92 Å². The Hall–Kier alpha value is -1.96. The van der Waals surface area contributed by atoms with Gasteiger partial charge in [0.15, 0.2) is 0 Å². The number of aromatic nitrogens is 1. The third-order valence-electron chi connectivity index (χ3n) is 4.42. The summed E-state index contributed by atoms with van der Waals surface area (Å²) in [5.74, 6) is 1.23. The van der Waals surface area contributed by atoms with Crippen LogP contribution in [0.15, 0.2) is 54.3 Å². The van der Waals surface area contributed by atoms with E-state index in [0.717, 1.165) is 13.0 Å². The number of benzene rings is 1. The number of H-pyrrole nitrogens is 1. The molecule has 96 valence electrons. The SMILES string of the molecule is C1=CCC2C(=C1)NCCC2c1cc2ccccc2[nH]1. The third-order valence-corrected chi connectivity index (χ3v) is 4.42. The van der Waals surface area contributed by atoms with Crippen LogP contribution >= 0.6 is 0 Å². The summed E-state index contributed by atoms with van der Waals surface area (Å²) in [7, 11) is 0. The summed E-state index contributed by atoms with van der Waals surface area (Å²) in [6.45, 7) is 1.08. The molecule has 0 amide bonds. The first kappa shape index (κ1) is 10.9. The average Bonchev–Trinajstić information content (AvgIpc) is 2.90. The Labute approximate surface area is 113 Å². The number of rotatable bonds is 1. The zero-order valence-electron chi connectivity index (χ0n) is 10.9. The number of nitrogens with one attached hydrogen (secondary N) is 2. The molecule has 1 aliphatic carbocycles. The van der Waals surface area contributed by atoms with Crippen LogP contribution < -0.4 is 5.32 Å². The number of hydrogen-bond donors (Lipinski definition) is 2. The van der Waals surface area contributed by atoms with E-state index in [9.17, 15) is 0 Å².